The van der Waals surface area contributed by atoms with Crippen LogP contribution in [0.15, 0.2) is 48.5 Å². The molecule has 0 saturated carbocycles. The zero-order valence-corrected chi connectivity index (χ0v) is 13.8. The van der Waals surface area contributed by atoms with Crippen molar-refractivity contribution in [2.24, 2.45) is 0 Å². The third-order valence-corrected chi connectivity index (χ3v) is 3.62. The van der Waals surface area contributed by atoms with Gasteiger partial charge in [-0.2, -0.15) is 9.67 Å². The second-order valence-electron chi connectivity index (χ2n) is 4.88. The molecule has 7 heteroatoms. The molecule has 0 aliphatic heterocycles. The topological polar surface area (TPSA) is 66.2 Å². The molecular weight excluding hydrogens is 330 g/mol. The number of carbonyl (C=O) groups is 1. The Bertz CT molecular complexity index is 875. The summed E-state index contributed by atoms with van der Waals surface area (Å²) in [5.41, 5.74) is 1.12. The fraction of sp³-hybridized carbons (Fsp3) is 0.118. The van der Waals surface area contributed by atoms with Crippen molar-refractivity contribution < 1.29 is 14.3 Å². The summed E-state index contributed by atoms with van der Waals surface area (Å²) in [6, 6.07) is 13.9. The third kappa shape index (κ3) is 3.09. The number of rotatable bonds is 4. The molecular formula is C17H14ClN3O3. The predicted octanol–water partition coefficient (Wildman–Crippen LogP) is 3.30. The number of aromatic nitrogens is 3. The van der Waals surface area contributed by atoms with Gasteiger partial charge in [0, 0.05) is 16.1 Å². The van der Waals surface area contributed by atoms with Gasteiger partial charge in [0.2, 0.25) is 0 Å². The number of methoxy groups -OCH3 is 2. The first-order chi connectivity index (χ1) is 11.6. The van der Waals surface area contributed by atoms with Crippen LogP contribution in [0.3, 0.4) is 0 Å². The third-order valence-electron chi connectivity index (χ3n) is 3.38. The van der Waals surface area contributed by atoms with Crippen molar-refractivity contribution in [3.8, 4) is 23.1 Å². The summed E-state index contributed by atoms with van der Waals surface area (Å²) in [5.74, 6) is 0.691. The number of halogens is 1. The lowest BCUT2D eigenvalue weighted by Gasteiger charge is -2.06. The van der Waals surface area contributed by atoms with Crippen LogP contribution < -0.4 is 9.47 Å². The quantitative estimate of drug-likeness (QED) is 0.727. The molecule has 0 aliphatic carbocycles. The van der Waals surface area contributed by atoms with E-state index in [9.17, 15) is 4.79 Å². The summed E-state index contributed by atoms with van der Waals surface area (Å²) < 4.78 is 11.4. The average Bonchev–Trinajstić information content (AvgIpc) is 3.05. The van der Waals surface area contributed by atoms with Crippen molar-refractivity contribution in [3.63, 3.8) is 0 Å². The van der Waals surface area contributed by atoms with Crippen molar-refractivity contribution in [2.45, 2.75) is 0 Å². The zero-order valence-electron chi connectivity index (χ0n) is 13.1. The van der Waals surface area contributed by atoms with Crippen molar-refractivity contribution in [3.05, 3.63) is 59.1 Å². The van der Waals surface area contributed by atoms with Gasteiger partial charge in [0.1, 0.15) is 5.75 Å². The van der Waals surface area contributed by atoms with E-state index in [4.69, 9.17) is 21.1 Å². The van der Waals surface area contributed by atoms with Gasteiger partial charge in [-0.05, 0) is 36.4 Å². The van der Waals surface area contributed by atoms with Crippen LogP contribution in [0.1, 0.15) is 10.4 Å². The molecule has 122 valence electrons. The summed E-state index contributed by atoms with van der Waals surface area (Å²) in [6.07, 6.45) is 0. The molecule has 3 rings (SSSR count). The Morgan fingerprint density at radius 2 is 1.83 bits per heavy atom. The Balaban J connectivity index is 2.06. The molecule has 0 fully saturated rings. The van der Waals surface area contributed by atoms with E-state index in [2.05, 4.69) is 10.1 Å². The van der Waals surface area contributed by atoms with Gasteiger partial charge in [-0.1, -0.05) is 23.7 Å². The van der Waals surface area contributed by atoms with Gasteiger partial charge in [-0.25, -0.2) is 0 Å². The van der Waals surface area contributed by atoms with Gasteiger partial charge in [0.15, 0.2) is 5.82 Å². The Morgan fingerprint density at radius 3 is 2.46 bits per heavy atom. The second kappa shape index (κ2) is 6.72. The maximum atomic E-state index is 12.8. The molecule has 0 spiro atoms. The van der Waals surface area contributed by atoms with Gasteiger partial charge in [-0.15, -0.1) is 5.10 Å². The van der Waals surface area contributed by atoms with Crippen molar-refractivity contribution in [1.29, 1.82) is 0 Å². The molecule has 0 aliphatic rings. The van der Waals surface area contributed by atoms with E-state index in [-0.39, 0.29) is 11.9 Å². The highest BCUT2D eigenvalue weighted by Crippen LogP contribution is 2.24. The Labute approximate surface area is 143 Å². The zero-order chi connectivity index (χ0) is 17.1. The van der Waals surface area contributed by atoms with E-state index < -0.39 is 0 Å². The predicted molar refractivity (Wildman–Crippen MR) is 89.7 cm³/mol. The minimum Gasteiger partial charge on any atom is -0.497 e. The first kappa shape index (κ1) is 16.0. The largest absolute Gasteiger partial charge is 0.497 e. The van der Waals surface area contributed by atoms with Crippen molar-refractivity contribution in [2.75, 3.05) is 14.2 Å². The molecule has 2 aromatic carbocycles. The van der Waals surface area contributed by atoms with Crippen LogP contribution in [0.25, 0.3) is 11.4 Å². The summed E-state index contributed by atoms with van der Waals surface area (Å²) in [7, 11) is 3.01. The number of hydrogen-bond donors (Lipinski definition) is 0. The summed E-state index contributed by atoms with van der Waals surface area (Å²) in [4.78, 5) is 17.0. The number of carbonyl (C=O) groups excluding carboxylic acids is 1. The van der Waals surface area contributed by atoms with E-state index in [0.29, 0.717) is 27.7 Å². The van der Waals surface area contributed by atoms with Gasteiger partial charge in [-0.3, -0.25) is 4.79 Å². The van der Waals surface area contributed by atoms with Crippen LogP contribution in [0.5, 0.6) is 11.8 Å². The molecule has 0 saturated heterocycles. The van der Waals surface area contributed by atoms with Crippen LogP contribution in [0.2, 0.25) is 5.02 Å². The molecule has 3 aromatic rings. The summed E-state index contributed by atoms with van der Waals surface area (Å²) >= 11 is 6.03. The van der Waals surface area contributed by atoms with Gasteiger partial charge in [0.25, 0.3) is 5.91 Å². The lowest BCUT2D eigenvalue weighted by Crippen LogP contribution is -2.15. The van der Waals surface area contributed by atoms with Gasteiger partial charge < -0.3 is 9.47 Å². The average molecular weight is 344 g/mol. The number of ether oxygens (including phenoxy) is 2. The summed E-state index contributed by atoms with van der Waals surface area (Å²) in [6.45, 7) is 0. The molecule has 0 N–H and O–H groups in total. The second-order valence-corrected chi connectivity index (χ2v) is 5.31. The molecule has 0 unspecified atom stereocenters. The summed E-state index contributed by atoms with van der Waals surface area (Å²) in [5, 5.41) is 4.65. The SMILES string of the molecule is COc1ccc(C(=O)n2nc(OC)nc2-c2cccc(Cl)c2)cc1. The number of nitrogens with zero attached hydrogens (tertiary/aromatic N) is 3. The molecule has 0 radical (unpaired) electrons. The highest BCUT2D eigenvalue weighted by Gasteiger charge is 2.19. The van der Waals surface area contributed by atoms with Crippen LogP contribution in [0.4, 0.5) is 0 Å². The van der Waals surface area contributed by atoms with E-state index >= 15 is 0 Å². The molecule has 24 heavy (non-hydrogen) atoms. The van der Waals surface area contributed by atoms with E-state index in [1.165, 1.54) is 11.8 Å². The van der Waals surface area contributed by atoms with E-state index in [1.54, 1.807) is 55.6 Å². The Kier molecular flexibility index (Phi) is 4.48. The molecule has 1 heterocycles. The van der Waals surface area contributed by atoms with Gasteiger partial charge >= 0.3 is 6.01 Å². The lowest BCUT2D eigenvalue weighted by molar-refractivity contribution is 0.0945. The molecule has 0 bridgehead atoms. The minimum atomic E-state index is -0.330. The Morgan fingerprint density at radius 1 is 1.08 bits per heavy atom. The van der Waals surface area contributed by atoms with Crippen molar-refractivity contribution >= 4 is 17.5 Å². The molecule has 0 amide bonds. The lowest BCUT2D eigenvalue weighted by atomic mass is 10.2. The monoisotopic (exact) mass is 343 g/mol. The smallest absolute Gasteiger partial charge is 0.336 e. The van der Waals surface area contributed by atoms with E-state index in [1.807, 2.05) is 0 Å². The van der Waals surface area contributed by atoms with E-state index in [0.717, 1.165) is 0 Å². The minimum absolute atomic E-state index is 0.104. The normalized spacial score (nSPS) is 10.5. The van der Waals surface area contributed by atoms with Crippen LogP contribution in [-0.4, -0.2) is 34.9 Å². The van der Waals surface area contributed by atoms with Gasteiger partial charge in [0.05, 0.1) is 14.2 Å². The maximum Gasteiger partial charge on any atom is 0.336 e. The number of hydrogen-bond acceptors (Lipinski definition) is 5. The highest BCUT2D eigenvalue weighted by atomic mass is 35.5. The molecule has 6 nitrogen and oxygen atoms in total. The first-order valence-electron chi connectivity index (χ1n) is 7.08. The highest BCUT2D eigenvalue weighted by molar-refractivity contribution is 6.30. The van der Waals surface area contributed by atoms with Crippen LogP contribution >= 0.6 is 11.6 Å². The molecule has 0 atom stereocenters. The fourth-order valence-corrected chi connectivity index (χ4v) is 2.38. The van der Waals surface area contributed by atoms with Crippen LogP contribution in [-0.2, 0) is 0 Å². The van der Waals surface area contributed by atoms with Crippen molar-refractivity contribution in [1.82, 2.24) is 14.8 Å². The Hall–Kier alpha value is -2.86. The first-order valence-corrected chi connectivity index (χ1v) is 7.46. The maximum absolute atomic E-state index is 12.8. The van der Waals surface area contributed by atoms with Crippen LogP contribution in [0, 0.1) is 0 Å². The standard InChI is InChI=1S/C17H14ClN3O3/c1-23-14-8-6-11(7-9-14)16(22)21-15(19-17(20-21)24-2)12-4-3-5-13(18)10-12/h3-10H,1-2H3. The fourth-order valence-electron chi connectivity index (χ4n) is 2.19. The number of benzene rings is 2. The molecule has 1 aromatic heterocycles.